The third kappa shape index (κ3) is 7.22. The average molecular weight is 500 g/mol. The number of nitrogens with zero attached hydrogens (tertiary/aromatic N) is 3. The molecule has 0 aliphatic carbocycles. The third-order valence-electron chi connectivity index (χ3n) is 6.77. The Balaban J connectivity index is 1.23. The van der Waals surface area contributed by atoms with Crippen molar-refractivity contribution in [3.8, 4) is 5.75 Å². The summed E-state index contributed by atoms with van der Waals surface area (Å²) in [6.07, 6.45) is 2.44. The lowest BCUT2D eigenvalue weighted by molar-refractivity contribution is -0.139. The smallest absolute Gasteiger partial charge is 0.309 e. The second-order valence-electron chi connectivity index (χ2n) is 9.03. The highest BCUT2D eigenvalue weighted by Crippen LogP contribution is 2.25. The van der Waals surface area contributed by atoms with Gasteiger partial charge in [0.25, 0.3) is 0 Å². The van der Waals surface area contributed by atoms with Crippen molar-refractivity contribution in [3.63, 3.8) is 0 Å². The van der Waals surface area contributed by atoms with Crippen LogP contribution in [0.25, 0.3) is 0 Å². The number of hydrogen-bond donors (Lipinski definition) is 2. The monoisotopic (exact) mass is 499 g/mol. The first-order valence-electron chi connectivity index (χ1n) is 12.7. The summed E-state index contributed by atoms with van der Waals surface area (Å²) in [5.74, 6) is 0.403. The van der Waals surface area contributed by atoms with Gasteiger partial charge in [0.05, 0.1) is 32.6 Å². The minimum absolute atomic E-state index is 0.143. The van der Waals surface area contributed by atoms with E-state index in [-0.39, 0.29) is 6.04 Å². The van der Waals surface area contributed by atoms with E-state index in [1.165, 1.54) is 0 Å². The zero-order chi connectivity index (χ0) is 25.2. The fourth-order valence-electron chi connectivity index (χ4n) is 4.65. The molecule has 1 aromatic carbocycles. The van der Waals surface area contributed by atoms with Crippen LogP contribution in [0.5, 0.6) is 5.75 Å². The molecule has 2 saturated heterocycles. The predicted octanol–water partition coefficient (Wildman–Crippen LogP) is 1.11. The van der Waals surface area contributed by atoms with Gasteiger partial charge in [-0.2, -0.15) is 0 Å². The first kappa shape index (κ1) is 26.0. The van der Waals surface area contributed by atoms with Crippen LogP contribution in [0.4, 0.5) is 5.69 Å². The van der Waals surface area contributed by atoms with Gasteiger partial charge in [-0.1, -0.05) is 0 Å². The Bertz CT molecular complexity index is 938. The molecule has 3 heterocycles. The van der Waals surface area contributed by atoms with E-state index in [9.17, 15) is 9.59 Å². The largest absolute Gasteiger partial charge is 0.497 e. The number of ether oxygens (including phenoxy) is 2. The van der Waals surface area contributed by atoms with E-state index < -0.39 is 11.8 Å². The fraction of sp³-hybridized carbons (Fsp3) is 0.538. The number of rotatable bonds is 10. The van der Waals surface area contributed by atoms with Crippen LogP contribution in [0.3, 0.4) is 0 Å². The Morgan fingerprint density at radius 1 is 0.972 bits per heavy atom. The first-order chi connectivity index (χ1) is 17.6. The maximum atomic E-state index is 12.5. The number of hydrogen-bond acceptors (Lipinski definition) is 8. The van der Waals surface area contributed by atoms with Crippen molar-refractivity contribution in [1.29, 1.82) is 0 Å². The zero-order valence-corrected chi connectivity index (χ0v) is 21.0. The van der Waals surface area contributed by atoms with Crippen molar-refractivity contribution in [3.05, 3.63) is 48.4 Å². The molecular weight excluding hydrogens is 462 g/mol. The average Bonchev–Trinajstić information content (AvgIpc) is 3.47. The lowest BCUT2D eigenvalue weighted by Gasteiger charge is -2.39. The van der Waals surface area contributed by atoms with E-state index in [4.69, 9.17) is 13.9 Å². The van der Waals surface area contributed by atoms with E-state index in [0.717, 1.165) is 82.6 Å². The molecule has 10 heteroatoms. The molecule has 0 saturated carbocycles. The van der Waals surface area contributed by atoms with Crippen LogP contribution in [0.2, 0.25) is 0 Å². The molecule has 2 aliphatic heterocycles. The lowest BCUT2D eigenvalue weighted by atomic mass is 10.1. The van der Waals surface area contributed by atoms with Crippen LogP contribution in [0.15, 0.2) is 47.1 Å². The van der Waals surface area contributed by atoms with Crippen molar-refractivity contribution in [1.82, 2.24) is 20.4 Å². The summed E-state index contributed by atoms with van der Waals surface area (Å²) >= 11 is 0. The third-order valence-corrected chi connectivity index (χ3v) is 6.77. The van der Waals surface area contributed by atoms with Crippen LogP contribution >= 0.6 is 0 Å². The number of carbonyl (C=O) groups excluding carboxylic acids is 2. The summed E-state index contributed by atoms with van der Waals surface area (Å²) in [4.78, 5) is 31.7. The summed E-state index contributed by atoms with van der Waals surface area (Å²) in [5.41, 5.74) is 1.16. The van der Waals surface area contributed by atoms with Gasteiger partial charge in [-0.3, -0.25) is 19.4 Å². The standard InChI is InChI=1S/C26H37N5O5/c1-34-22-7-5-21(6-8-22)30-11-13-31(14-12-30)23(24-4-2-17-36-24)20-28-26(33)25(32)27-9-3-10-29-15-18-35-19-16-29/h2,4-8,17,23H,3,9-16,18-20H2,1H3,(H,27,32)(H,28,33)/t23-/m1/s1. The van der Waals surface area contributed by atoms with Crippen LogP contribution < -0.4 is 20.3 Å². The van der Waals surface area contributed by atoms with Crippen LogP contribution in [0, 0.1) is 0 Å². The van der Waals surface area contributed by atoms with E-state index >= 15 is 0 Å². The molecule has 1 atom stereocenters. The highest BCUT2D eigenvalue weighted by atomic mass is 16.5. The number of piperazine rings is 1. The maximum absolute atomic E-state index is 12.5. The number of nitrogens with one attached hydrogen (secondary N) is 2. The minimum atomic E-state index is -0.616. The molecule has 2 fully saturated rings. The number of anilines is 1. The van der Waals surface area contributed by atoms with Crippen LogP contribution in [-0.2, 0) is 14.3 Å². The highest BCUT2D eigenvalue weighted by molar-refractivity contribution is 6.35. The van der Waals surface area contributed by atoms with Gasteiger partial charge >= 0.3 is 11.8 Å². The van der Waals surface area contributed by atoms with Gasteiger partial charge in [-0.25, -0.2) is 0 Å². The molecule has 0 spiro atoms. The van der Waals surface area contributed by atoms with Crippen molar-refractivity contribution < 1.29 is 23.5 Å². The van der Waals surface area contributed by atoms with Crippen LogP contribution in [-0.4, -0.2) is 101 Å². The zero-order valence-electron chi connectivity index (χ0n) is 21.0. The second-order valence-corrected chi connectivity index (χ2v) is 9.03. The van der Waals surface area contributed by atoms with Crippen molar-refractivity contribution >= 4 is 17.5 Å². The summed E-state index contributed by atoms with van der Waals surface area (Å²) in [6, 6.07) is 11.7. The molecule has 0 bridgehead atoms. The Morgan fingerprint density at radius 3 is 2.36 bits per heavy atom. The quantitative estimate of drug-likeness (QED) is 0.371. The predicted molar refractivity (Wildman–Crippen MR) is 136 cm³/mol. The Hall–Kier alpha value is -3.08. The topological polar surface area (TPSA) is 99.5 Å². The number of amides is 2. The van der Waals surface area contributed by atoms with Crippen LogP contribution in [0.1, 0.15) is 18.2 Å². The molecule has 2 N–H and O–H groups in total. The Labute approximate surface area is 212 Å². The van der Waals surface area contributed by atoms with Gasteiger partial charge in [0, 0.05) is 58.0 Å². The molecule has 4 rings (SSSR count). The molecule has 2 amide bonds. The van der Waals surface area contributed by atoms with Gasteiger partial charge in [-0.15, -0.1) is 0 Å². The van der Waals surface area contributed by atoms with Crippen molar-refractivity contribution in [2.24, 2.45) is 0 Å². The number of methoxy groups -OCH3 is 1. The molecule has 0 radical (unpaired) electrons. The second kappa shape index (κ2) is 13.3. The summed E-state index contributed by atoms with van der Waals surface area (Å²) < 4.78 is 16.3. The van der Waals surface area contributed by atoms with Gasteiger partial charge < -0.3 is 29.4 Å². The highest BCUT2D eigenvalue weighted by Gasteiger charge is 2.28. The van der Waals surface area contributed by atoms with E-state index in [0.29, 0.717) is 13.1 Å². The molecule has 2 aromatic rings. The summed E-state index contributed by atoms with van der Waals surface area (Å²) in [7, 11) is 1.66. The number of furan rings is 1. The molecule has 1 aromatic heterocycles. The summed E-state index contributed by atoms with van der Waals surface area (Å²) in [6.45, 7) is 8.30. The summed E-state index contributed by atoms with van der Waals surface area (Å²) in [5, 5.41) is 5.54. The molecular formula is C26H37N5O5. The molecule has 10 nitrogen and oxygen atoms in total. The minimum Gasteiger partial charge on any atom is -0.497 e. The van der Waals surface area contributed by atoms with E-state index in [2.05, 4.69) is 37.5 Å². The Kier molecular flexibility index (Phi) is 9.60. The Morgan fingerprint density at radius 2 is 1.69 bits per heavy atom. The van der Waals surface area contributed by atoms with E-state index in [1.807, 2.05) is 24.3 Å². The van der Waals surface area contributed by atoms with Crippen molar-refractivity contribution in [2.75, 3.05) is 84.1 Å². The molecule has 0 unspecified atom stereocenters. The van der Waals surface area contributed by atoms with Gasteiger partial charge in [-0.05, 0) is 49.4 Å². The SMILES string of the molecule is COc1ccc(N2CCN([C@H](CNC(=O)C(=O)NCCCN3CCOCC3)c3ccco3)CC2)cc1. The number of morpholine rings is 1. The molecule has 2 aliphatic rings. The normalized spacial score (nSPS) is 18.0. The van der Waals surface area contributed by atoms with Gasteiger partial charge in [0.15, 0.2) is 0 Å². The number of benzene rings is 1. The first-order valence-corrected chi connectivity index (χ1v) is 12.7. The molecule has 196 valence electrons. The van der Waals surface area contributed by atoms with Crippen molar-refractivity contribution in [2.45, 2.75) is 12.5 Å². The van der Waals surface area contributed by atoms with Gasteiger partial charge in [0.2, 0.25) is 0 Å². The van der Waals surface area contributed by atoms with Gasteiger partial charge in [0.1, 0.15) is 11.5 Å². The maximum Gasteiger partial charge on any atom is 0.309 e. The van der Waals surface area contributed by atoms with E-state index in [1.54, 1.807) is 13.4 Å². The fourth-order valence-corrected chi connectivity index (χ4v) is 4.65. The lowest BCUT2D eigenvalue weighted by Crippen LogP contribution is -2.50. The molecule has 36 heavy (non-hydrogen) atoms. The number of carbonyl (C=O) groups is 2.